The van der Waals surface area contributed by atoms with Crippen LogP contribution in [0.4, 0.5) is 14.5 Å². The van der Waals surface area contributed by atoms with E-state index in [4.69, 9.17) is 4.74 Å². The van der Waals surface area contributed by atoms with Crippen molar-refractivity contribution in [2.24, 2.45) is 0 Å². The number of hydrogen-bond donors (Lipinski definition) is 1. The van der Waals surface area contributed by atoms with E-state index in [1.54, 1.807) is 24.3 Å². The molecule has 1 N–H and O–H groups in total. The molecule has 0 radical (unpaired) electrons. The molecule has 32 heavy (non-hydrogen) atoms. The summed E-state index contributed by atoms with van der Waals surface area (Å²) in [4.78, 5) is 12.5. The van der Waals surface area contributed by atoms with Gasteiger partial charge in [0.2, 0.25) is 0 Å². The number of halogens is 3. The van der Waals surface area contributed by atoms with Crippen LogP contribution in [-0.4, -0.2) is 12.5 Å². The van der Waals surface area contributed by atoms with E-state index in [0.29, 0.717) is 35.6 Å². The number of rotatable bonds is 7. The van der Waals surface area contributed by atoms with Crippen LogP contribution in [0.3, 0.4) is 0 Å². The van der Waals surface area contributed by atoms with Crippen molar-refractivity contribution in [3.8, 4) is 11.8 Å². The van der Waals surface area contributed by atoms with Gasteiger partial charge < -0.3 is 10.1 Å². The minimum absolute atomic E-state index is 0.116. The van der Waals surface area contributed by atoms with E-state index >= 15 is 0 Å². The van der Waals surface area contributed by atoms with Crippen LogP contribution in [0.1, 0.15) is 23.6 Å². The highest BCUT2D eigenvalue weighted by atomic mass is 127. The average molecular weight is 544 g/mol. The van der Waals surface area contributed by atoms with Gasteiger partial charge in [-0.05, 0) is 89.2 Å². The summed E-state index contributed by atoms with van der Waals surface area (Å²) in [5, 5.41) is 12.1. The molecule has 0 atom stereocenters. The standard InChI is InChI=1S/C25H19F2IN2O2/c1-2-32-24-13-16(12-23(28)21(24)14-17-5-3-4-6-22(17)27)11-18(15-29)25(31)30-20-9-7-19(26)8-10-20/h3-13H,2,14H2,1H3,(H,30,31)/b18-11+. The molecule has 0 unspecified atom stereocenters. The van der Waals surface area contributed by atoms with Crippen molar-refractivity contribution in [2.45, 2.75) is 13.3 Å². The Kier molecular flexibility index (Phi) is 7.95. The van der Waals surface area contributed by atoms with E-state index in [1.807, 2.05) is 19.1 Å². The summed E-state index contributed by atoms with van der Waals surface area (Å²) in [6, 6.07) is 17.3. The van der Waals surface area contributed by atoms with Crippen molar-refractivity contribution in [2.75, 3.05) is 11.9 Å². The summed E-state index contributed by atoms with van der Waals surface area (Å²) < 4.78 is 33.8. The Hall–Kier alpha value is -3.25. The predicted octanol–water partition coefficient (Wildman–Crippen LogP) is 6.10. The number of nitrogens with one attached hydrogen (secondary N) is 1. The molecular weight excluding hydrogens is 525 g/mol. The van der Waals surface area contributed by atoms with Gasteiger partial charge in [0.05, 0.1) is 6.61 Å². The second kappa shape index (κ2) is 10.9. The van der Waals surface area contributed by atoms with Crippen LogP contribution in [0.2, 0.25) is 0 Å². The highest BCUT2D eigenvalue weighted by Gasteiger charge is 2.15. The molecule has 3 aromatic rings. The Bertz CT molecular complexity index is 1200. The number of carbonyl (C=O) groups excluding carboxylic acids is 1. The van der Waals surface area contributed by atoms with Crippen molar-refractivity contribution >= 4 is 40.3 Å². The molecule has 0 saturated carbocycles. The van der Waals surface area contributed by atoms with Crippen LogP contribution in [0.25, 0.3) is 6.08 Å². The van der Waals surface area contributed by atoms with E-state index in [1.165, 1.54) is 36.4 Å². The number of hydrogen-bond acceptors (Lipinski definition) is 3. The highest BCUT2D eigenvalue weighted by Crippen LogP contribution is 2.30. The molecule has 7 heteroatoms. The van der Waals surface area contributed by atoms with Crippen LogP contribution in [0, 0.1) is 26.5 Å². The molecule has 0 fully saturated rings. The van der Waals surface area contributed by atoms with Crippen molar-refractivity contribution in [3.05, 3.63) is 98.1 Å². The predicted molar refractivity (Wildman–Crippen MR) is 128 cm³/mol. The molecule has 3 rings (SSSR count). The Morgan fingerprint density at radius 2 is 1.88 bits per heavy atom. The molecule has 0 spiro atoms. The van der Waals surface area contributed by atoms with Gasteiger partial charge in [-0.15, -0.1) is 0 Å². The number of benzene rings is 3. The van der Waals surface area contributed by atoms with Gasteiger partial charge in [-0.3, -0.25) is 4.79 Å². The van der Waals surface area contributed by atoms with Gasteiger partial charge >= 0.3 is 0 Å². The molecule has 1 amide bonds. The fourth-order valence-electron chi connectivity index (χ4n) is 3.05. The van der Waals surface area contributed by atoms with Crippen LogP contribution in [0.5, 0.6) is 5.75 Å². The summed E-state index contributed by atoms with van der Waals surface area (Å²) in [5.41, 5.74) is 2.23. The quantitative estimate of drug-likeness (QED) is 0.222. The molecule has 0 aliphatic rings. The third kappa shape index (κ3) is 5.92. The van der Waals surface area contributed by atoms with Gasteiger partial charge in [0.15, 0.2) is 0 Å². The third-order valence-electron chi connectivity index (χ3n) is 4.58. The summed E-state index contributed by atoms with van der Waals surface area (Å²) in [6.45, 7) is 2.25. The molecule has 4 nitrogen and oxygen atoms in total. The molecule has 0 aliphatic heterocycles. The van der Waals surface area contributed by atoms with Gasteiger partial charge in [-0.1, -0.05) is 18.2 Å². The second-order valence-electron chi connectivity index (χ2n) is 6.81. The monoisotopic (exact) mass is 544 g/mol. The lowest BCUT2D eigenvalue weighted by atomic mass is 10.0. The van der Waals surface area contributed by atoms with Crippen molar-refractivity contribution in [1.29, 1.82) is 5.26 Å². The summed E-state index contributed by atoms with van der Waals surface area (Å²) in [6.07, 6.45) is 1.80. The first-order chi connectivity index (χ1) is 15.4. The average Bonchev–Trinajstić information content (AvgIpc) is 2.77. The molecule has 3 aromatic carbocycles. The van der Waals surface area contributed by atoms with Gasteiger partial charge in [0, 0.05) is 21.2 Å². The van der Waals surface area contributed by atoms with Gasteiger partial charge in [0.25, 0.3) is 5.91 Å². The molecule has 0 saturated heterocycles. The Morgan fingerprint density at radius 1 is 1.16 bits per heavy atom. The van der Waals surface area contributed by atoms with E-state index < -0.39 is 11.7 Å². The molecule has 0 aromatic heterocycles. The van der Waals surface area contributed by atoms with E-state index in [0.717, 1.165) is 9.13 Å². The van der Waals surface area contributed by atoms with E-state index in [2.05, 4.69) is 27.9 Å². The number of anilines is 1. The third-order valence-corrected chi connectivity index (χ3v) is 5.54. The van der Waals surface area contributed by atoms with Crippen molar-refractivity contribution in [1.82, 2.24) is 0 Å². The Morgan fingerprint density at radius 3 is 2.53 bits per heavy atom. The van der Waals surface area contributed by atoms with Crippen LogP contribution < -0.4 is 10.1 Å². The number of amides is 1. The lowest BCUT2D eigenvalue weighted by Gasteiger charge is -2.14. The fraction of sp³-hybridized carbons (Fsp3) is 0.120. The first-order valence-electron chi connectivity index (χ1n) is 9.78. The first-order valence-corrected chi connectivity index (χ1v) is 10.9. The summed E-state index contributed by atoms with van der Waals surface area (Å²) in [7, 11) is 0. The number of ether oxygens (including phenoxy) is 1. The topological polar surface area (TPSA) is 62.1 Å². The first kappa shape index (κ1) is 23.4. The van der Waals surface area contributed by atoms with E-state index in [-0.39, 0.29) is 11.4 Å². The zero-order chi connectivity index (χ0) is 23.1. The normalized spacial score (nSPS) is 11.0. The second-order valence-corrected chi connectivity index (χ2v) is 7.97. The van der Waals surface area contributed by atoms with Gasteiger partial charge in [-0.2, -0.15) is 5.26 Å². The fourth-order valence-corrected chi connectivity index (χ4v) is 3.87. The highest BCUT2D eigenvalue weighted by molar-refractivity contribution is 14.1. The SMILES string of the molecule is CCOc1cc(/C=C(\C#N)C(=O)Nc2ccc(F)cc2)cc(I)c1Cc1ccccc1F. The minimum Gasteiger partial charge on any atom is -0.494 e. The zero-order valence-corrected chi connectivity index (χ0v) is 19.3. The lowest BCUT2D eigenvalue weighted by molar-refractivity contribution is -0.112. The maximum Gasteiger partial charge on any atom is 0.266 e. The Balaban J connectivity index is 1.91. The Labute approximate surface area is 198 Å². The van der Waals surface area contributed by atoms with Gasteiger partial charge in [0.1, 0.15) is 29.0 Å². The van der Waals surface area contributed by atoms with Crippen LogP contribution >= 0.6 is 22.6 Å². The smallest absolute Gasteiger partial charge is 0.266 e. The molecular formula is C25H19F2IN2O2. The van der Waals surface area contributed by atoms with Crippen molar-refractivity contribution < 1.29 is 18.3 Å². The molecule has 0 bridgehead atoms. The maximum absolute atomic E-state index is 14.2. The molecule has 0 aliphatic carbocycles. The maximum atomic E-state index is 14.2. The number of carbonyl (C=O) groups is 1. The number of nitrogens with zero attached hydrogens (tertiary/aromatic N) is 1. The van der Waals surface area contributed by atoms with Gasteiger partial charge in [-0.25, -0.2) is 8.78 Å². The summed E-state index contributed by atoms with van der Waals surface area (Å²) in [5.74, 6) is -0.765. The molecule has 0 heterocycles. The van der Waals surface area contributed by atoms with Crippen molar-refractivity contribution in [3.63, 3.8) is 0 Å². The zero-order valence-electron chi connectivity index (χ0n) is 17.2. The van der Waals surface area contributed by atoms with E-state index in [9.17, 15) is 18.8 Å². The summed E-state index contributed by atoms with van der Waals surface area (Å²) >= 11 is 2.14. The van der Waals surface area contributed by atoms with Crippen LogP contribution in [-0.2, 0) is 11.2 Å². The minimum atomic E-state index is -0.609. The largest absolute Gasteiger partial charge is 0.494 e. The number of nitriles is 1. The van der Waals surface area contributed by atoms with Crippen LogP contribution in [0.15, 0.2) is 66.2 Å². The molecule has 162 valence electrons. The lowest BCUT2D eigenvalue weighted by Crippen LogP contribution is -2.13.